The maximum absolute atomic E-state index is 6.78. The van der Waals surface area contributed by atoms with E-state index in [1.54, 1.807) is 0 Å². The number of hydrogen-bond acceptors (Lipinski definition) is 1. The predicted molar refractivity (Wildman–Crippen MR) is 235 cm³/mol. The summed E-state index contributed by atoms with van der Waals surface area (Å²) >= 11 is 0. The fourth-order valence-corrected chi connectivity index (χ4v) is 8.34. The minimum Gasteiger partial charge on any atom is -0.398 e. The maximum atomic E-state index is 6.78. The lowest BCUT2D eigenvalue weighted by Crippen LogP contribution is -2.07. The van der Waals surface area contributed by atoms with Gasteiger partial charge in [0.2, 0.25) is 0 Å². The summed E-state index contributed by atoms with van der Waals surface area (Å²) in [4.78, 5) is 0. The molecule has 6 aromatic carbocycles. The average molecular weight is 712 g/mol. The molecule has 3 atom stereocenters. The van der Waals surface area contributed by atoms with Crippen molar-refractivity contribution < 1.29 is 0 Å². The maximum Gasteiger partial charge on any atom is 0.0393 e. The molecule has 1 nitrogen and oxygen atoms in total. The van der Waals surface area contributed by atoms with E-state index in [4.69, 9.17) is 5.73 Å². The summed E-state index contributed by atoms with van der Waals surface area (Å²) in [6.45, 7) is 2.30. The topological polar surface area (TPSA) is 26.0 Å². The van der Waals surface area contributed by atoms with Crippen molar-refractivity contribution in [3.8, 4) is 22.3 Å². The largest absolute Gasteiger partial charge is 0.398 e. The van der Waals surface area contributed by atoms with Crippen molar-refractivity contribution >= 4 is 16.8 Å². The van der Waals surface area contributed by atoms with Crippen molar-refractivity contribution in [1.29, 1.82) is 0 Å². The van der Waals surface area contributed by atoms with Crippen LogP contribution in [0, 0.1) is 0 Å². The lowest BCUT2D eigenvalue weighted by Gasteiger charge is -2.26. The molecule has 270 valence electrons. The molecule has 1 heteroatoms. The molecular weight excluding hydrogens is 663 g/mol. The van der Waals surface area contributed by atoms with Crippen LogP contribution in [0.15, 0.2) is 200 Å². The van der Waals surface area contributed by atoms with E-state index in [1.807, 2.05) is 18.2 Å². The Kier molecular flexibility index (Phi) is 11.0. The summed E-state index contributed by atoms with van der Waals surface area (Å²) in [5, 5.41) is 0. The number of nitrogens with two attached hydrogens (primary N) is 1. The Hall–Kier alpha value is -6.18. The van der Waals surface area contributed by atoms with Gasteiger partial charge >= 0.3 is 0 Å². The van der Waals surface area contributed by atoms with Gasteiger partial charge in [-0.05, 0) is 104 Å². The second kappa shape index (κ2) is 16.9. The number of rotatable bonds is 10. The van der Waals surface area contributed by atoms with E-state index in [1.165, 1.54) is 74.9 Å². The molecule has 0 saturated heterocycles. The van der Waals surface area contributed by atoms with Gasteiger partial charge in [0, 0.05) is 17.5 Å². The molecule has 55 heavy (non-hydrogen) atoms. The molecule has 0 amide bonds. The van der Waals surface area contributed by atoms with Crippen molar-refractivity contribution in [2.75, 3.05) is 0 Å². The van der Waals surface area contributed by atoms with Gasteiger partial charge in [-0.25, -0.2) is 0 Å². The van der Waals surface area contributed by atoms with Gasteiger partial charge < -0.3 is 5.73 Å². The summed E-state index contributed by atoms with van der Waals surface area (Å²) in [7, 11) is 0. The van der Waals surface area contributed by atoms with Crippen LogP contribution < -0.4 is 5.73 Å². The molecule has 0 fully saturated rings. The molecule has 0 aromatic heterocycles. The Balaban J connectivity index is 1.13. The molecule has 0 aliphatic heterocycles. The third-order valence-corrected chi connectivity index (χ3v) is 11.3. The molecule has 3 unspecified atom stereocenters. The van der Waals surface area contributed by atoms with E-state index in [-0.39, 0.29) is 11.8 Å². The Morgan fingerprint density at radius 3 is 2.11 bits per heavy atom. The van der Waals surface area contributed by atoms with Gasteiger partial charge in [-0.15, -0.1) is 0 Å². The van der Waals surface area contributed by atoms with Gasteiger partial charge in [-0.2, -0.15) is 0 Å². The molecule has 0 bridgehead atoms. The molecule has 0 saturated carbocycles. The van der Waals surface area contributed by atoms with Gasteiger partial charge in [-0.1, -0.05) is 201 Å². The van der Waals surface area contributed by atoms with Gasteiger partial charge in [0.05, 0.1) is 0 Å². The molecule has 0 heterocycles. The van der Waals surface area contributed by atoms with Gasteiger partial charge in [0.1, 0.15) is 0 Å². The first-order chi connectivity index (χ1) is 27.1. The van der Waals surface area contributed by atoms with E-state index in [0.29, 0.717) is 5.92 Å². The normalized spacial score (nSPS) is 17.8. The standard InChI is InChI=1S/C54H49N/c1-39(36-47(38-54(55)44-22-9-4-10-23-44)42-34-32-41(33-35-42)40-18-5-2-6-19-40)45-24-17-25-46(37-45)49-27-12-14-29-51(49)53-31-16-15-30-52(53)50-28-13-11-26-48(50)43-20-7-3-8-21-43/h3-5,7-18,20-28,30-40,51H,2,6,19,29,55H2,1H3/b47-36+,54-38-. The highest BCUT2D eigenvalue weighted by atomic mass is 14.6. The lowest BCUT2D eigenvalue weighted by atomic mass is 9.77. The summed E-state index contributed by atoms with van der Waals surface area (Å²) in [6.07, 6.45) is 20.7. The Morgan fingerprint density at radius 2 is 1.35 bits per heavy atom. The van der Waals surface area contributed by atoms with E-state index in [2.05, 4.69) is 189 Å². The Bertz CT molecular complexity index is 2390. The van der Waals surface area contributed by atoms with Gasteiger partial charge in [0.15, 0.2) is 0 Å². The third-order valence-electron chi connectivity index (χ3n) is 11.3. The predicted octanol–water partition coefficient (Wildman–Crippen LogP) is 14.2. The van der Waals surface area contributed by atoms with Crippen LogP contribution in [0.3, 0.4) is 0 Å². The summed E-state index contributed by atoms with van der Waals surface area (Å²) in [5.41, 5.74) is 22.6. The van der Waals surface area contributed by atoms with Crippen LogP contribution in [0.4, 0.5) is 0 Å². The molecule has 0 radical (unpaired) electrons. The quantitative estimate of drug-likeness (QED) is 0.111. The van der Waals surface area contributed by atoms with Crippen LogP contribution >= 0.6 is 0 Å². The first-order valence-corrected chi connectivity index (χ1v) is 19.8. The smallest absolute Gasteiger partial charge is 0.0393 e. The van der Waals surface area contributed by atoms with Crippen LogP contribution in [0.5, 0.6) is 0 Å². The van der Waals surface area contributed by atoms with Crippen molar-refractivity contribution in [3.05, 3.63) is 234 Å². The fraction of sp³-hybridized carbons (Fsp3) is 0.148. The summed E-state index contributed by atoms with van der Waals surface area (Å²) < 4.78 is 0. The summed E-state index contributed by atoms with van der Waals surface area (Å²) in [6, 6.07) is 57.2. The minimum atomic E-state index is 0.152. The molecule has 2 aliphatic rings. The zero-order valence-electron chi connectivity index (χ0n) is 31.7. The fourth-order valence-electron chi connectivity index (χ4n) is 8.34. The molecule has 2 aliphatic carbocycles. The van der Waals surface area contributed by atoms with Gasteiger partial charge in [0.25, 0.3) is 0 Å². The first-order valence-electron chi connectivity index (χ1n) is 19.8. The number of benzene rings is 6. The number of allylic oxidation sites excluding steroid dienone is 9. The zero-order valence-corrected chi connectivity index (χ0v) is 31.7. The van der Waals surface area contributed by atoms with Crippen LogP contribution in [0.2, 0.25) is 0 Å². The highest BCUT2D eigenvalue weighted by molar-refractivity contribution is 5.87. The molecule has 6 aromatic rings. The van der Waals surface area contributed by atoms with Crippen molar-refractivity contribution in [1.82, 2.24) is 0 Å². The Labute approximate surface area is 327 Å². The van der Waals surface area contributed by atoms with Crippen molar-refractivity contribution in [2.45, 2.75) is 50.4 Å². The Morgan fingerprint density at radius 1 is 0.655 bits per heavy atom. The first kappa shape index (κ1) is 35.8. The molecule has 8 rings (SSSR count). The molecule has 2 N–H and O–H groups in total. The van der Waals surface area contributed by atoms with E-state index >= 15 is 0 Å². The van der Waals surface area contributed by atoms with Crippen molar-refractivity contribution in [2.24, 2.45) is 5.73 Å². The number of hydrogen-bond donors (Lipinski definition) is 1. The highest BCUT2D eigenvalue weighted by Crippen LogP contribution is 2.44. The minimum absolute atomic E-state index is 0.152. The van der Waals surface area contributed by atoms with Crippen LogP contribution in [0.1, 0.15) is 83.7 Å². The third kappa shape index (κ3) is 8.17. The highest BCUT2D eigenvalue weighted by Gasteiger charge is 2.24. The van der Waals surface area contributed by atoms with Gasteiger partial charge in [-0.3, -0.25) is 0 Å². The molecular formula is C54H49N. The summed E-state index contributed by atoms with van der Waals surface area (Å²) in [5.74, 6) is 0.881. The second-order valence-corrected chi connectivity index (χ2v) is 14.9. The van der Waals surface area contributed by atoms with E-state index in [9.17, 15) is 0 Å². The molecule has 0 spiro atoms. The van der Waals surface area contributed by atoms with Crippen LogP contribution in [-0.2, 0) is 0 Å². The lowest BCUT2D eigenvalue weighted by molar-refractivity contribution is 0.654. The SMILES string of the molecule is CC(/C=C(\C=C(/N)c1ccccc1)c1ccc(C2C=CCCC2)cc1)c1cccc(C2=CC=CCC2c2ccccc2-c2ccccc2-c2ccccc2)c1. The monoisotopic (exact) mass is 711 g/mol. The van der Waals surface area contributed by atoms with E-state index < -0.39 is 0 Å². The second-order valence-electron chi connectivity index (χ2n) is 14.9. The van der Waals surface area contributed by atoms with E-state index in [0.717, 1.165) is 23.3 Å². The van der Waals surface area contributed by atoms with Crippen LogP contribution in [0.25, 0.3) is 39.1 Å². The zero-order chi connectivity index (χ0) is 37.4. The van der Waals surface area contributed by atoms with Crippen LogP contribution in [-0.4, -0.2) is 0 Å². The average Bonchev–Trinajstić information content (AvgIpc) is 3.27. The van der Waals surface area contributed by atoms with Crippen molar-refractivity contribution in [3.63, 3.8) is 0 Å².